The first-order chi connectivity index (χ1) is 9.66. The van der Waals surface area contributed by atoms with Crippen LogP contribution < -0.4 is 5.32 Å². The van der Waals surface area contributed by atoms with E-state index in [4.69, 9.17) is 0 Å². The summed E-state index contributed by atoms with van der Waals surface area (Å²) < 4.78 is 0. The Hall–Kier alpha value is -1.35. The maximum absolute atomic E-state index is 12.7. The predicted molar refractivity (Wildman–Crippen MR) is 82.6 cm³/mol. The molecule has 1 heterocycles. The Labute approximate surface area is 122 Å². The number of piperidine rings is 1. The molecule has 1 saturated heterocycles. The van der Waals surface area contributed by atoms with Crippen LogP contribution in [0.15, 0.2) is 30.3 Å². The van der Waals surface area contributed by atoms with Gasteiger partial charge in [0.2, 0.25) is 5.91 Å². The highest BCUT2D eigenvalue weighted by atomic mass is 16.2. The van der Waals surface area contributed by atoms with Crippen LogP contribution in [-0.2, 0) is 11.2 Å². The predicted octanol–water partition coefficient (Wildman–Crippen LogP) is 2.61. The maximum atomic E-state index is 12.7. The van der Waals surface area contributed by atoms with E-state index in [0.717, 1.165) is 32.4 Å². The fourth-order valence-electron chi connectivity index (χ4n) is 2.80. The van der Waals surface area contributed by atoms with Crippen molar-refractivity contribution < 1.29 is 4.79 Å². The van der Waals surface area contributed by atoms with Gasteiger partial charge in [-0.3, -0.25) is 4.79 Å². The Morgan fingerprint density at radius 1 is 1.15 bits per heavy atom. The van der Waals surface area contributed by atoms with E-state index in [1.54, 1.807) is 0 Å². The van der Waals surface area contributed by atoms with Gasteiger partial charge in [-0.05, 0) is 31.2 Å². The maximum Gasteiger partial charge on any atom is 0.240 e. The van der Waals surface area contributed by atoms with Gasteiger partial charge in [-0.1, -0.05) is 44.2 Å². The lowest BCUT2D eigenvalue weighted by Gasteiger charge is -2.31. The summed E-state index contributed by atoms with van der Waals surface area (Å²) in [5.74, 6) is 0.266. The zero-order chi connectivity index (χ0) is 14.4. The zero-order valence-corrected chi connectivity index (χ0v) is 12.6. The molecule has 1 aromatic rings. The van der Waals surface area contributed by atoms with Gasteiger partial charge < -0.3 is 10.2 Å². The minimum atomic E-state index is -0.101. The number of amides is 1. The third-order valence-corrected chi connectivity index (χ3v) is 3.78. The van der Waals surface area contributed by atoms with Crippen molar-refractivity contribution in [1.29, 1.82) is 0 Å². The van der Waals surface area contributed by atoms with E-state index in [2.05, 4.69) is 31.3 Å². The van der Waals surface area contributed by atoms with Crippen molar-refractivity contribution in [1.82, 2.24) is 10.2 Å². The molecule has 1 aliphatic heterocycles. The molecule has 0 radical (unpaired) electrons. The summed E-state index contributed by atoms with van der Waals surface area (Å²) in [6.45, 7) is 6.04. The first kappa shape index (κ1) is 15.0. The van der Waals surface area contributed by atoms with Crippen molar-refractivity contribution in [3.05, 3.63) is 35.9 Å². The van der Waals surface area contributed by atoms with Gasteiger partial charge in [0.15, 0.2) is 0 Å². The Kier molecular flexibility index (Phi) is 5.60. The van der Waals surface area contributed by atoms with Gasteiger partial charge in [0, 0.05) is 19.1 Å². The van der Waals surface area contributed by atoms with Gasteiger partial charge in [0.25, 0.3) is 0 Å². The van der Waals surface area contributed by atoms with Crippen LogP contribution in [0.2, 0.25) is 0 Å². The second kappa shape index (κ2) is 7.44. The molecule has 1 aliphatic rings. The fourth-order valence-corrected chi connectivity index (χ4v) is 2.80. The minimum absolute atomic E-state index is 0.101. The fraction of sp³-hybridized carbons (Fsp3) is 0.588. The topological polar surface area (TPSA) is 32.3 Å². The van der Waals surface area contributed by atoms with Crippen LogP contribution in [0.4, 0.5) is 0 Å². The highest BCUT2D eigenvalue weighted by molar-refractivity contribution is 5.82. The number of carbonyl (C=O) groups excluding carboxylic acids is 1. The van der Waals surface area contributed by atoms with Crippen molar-refractivity contribution in [3.63, 3.8) is 0 Å². The highest BCUT2D eigenvalue weighted by Crippen LogP contribution is 2.13. The molecule has 3 nitrogen and oxygen atoms in total. The standard InChI is InChI=1S/C17H26N2O/c1-14(2)18-16(13-15-9-5-3-6-10-15)17(20)19-11-7-4-8-12-19/h3,5-6,9-10,14,16,18H,4,7-8,11-13H2,1-2H3. The largest absolute Gasteiger partial charge is 0.341 e. The zero-order valence-electron chi connectivity index (χ0n) is 12.6. The normalized spacial score (nSPS) is 17.2. The lowest BCUT2D eigenvalue weighted by molar-refractivity contribution is -0.134. The van der Waals surface area contributed by atoms with Crippen molar-refractivity contribution in [2.24, 2.45) is 0 Å². The van der Waals surface area contributed by atoms with Crippen LogP contribution in [0.3, 0.4) is 0 Å². The summed E-state index contributed by atoms with van der Waals surface area (Å²) in [5.41, 5.74) is 1.22. The molecule has 0 aliphatic carbocycles. The SMILES string of the molecule is CC(C)NC(Cc1ccccc1)C(=O)N1CCCCC1. The number of carbonyl (C=O) groups is 1. The van der Waals surface area contributed by atoms with E-state index in [9.17, 15) is 4.79 Å². The van der Waals surface area contributed by atoms with E-state index >= 15 is 0 Å². The molecule has 0 spiro atoms. The first-order valence-corrected chi connectivity index (χ1v) is 7.75. The van der Waals surface area contributed by atoms with Crippen LogP contribution in [0.1, 0.15) is 38.7 Å². The third-order valence-electron chi connectivity index (χ3n) is 3.78. The number of hydrogen-bond donors (Lipinski definition) is 1. The van der Waals surface area contributed by atoms with Gasteiger partial charge in [0.1, 0.15) is 0 Å². The minimum Gasteiger partial charge on any atom is -0.341 e. The molecule has 1 aromatic carbocycles. The highest BCUT2D eigenvalue weighted by Gasteiger charge is 2.25. The van der Waals surface area contributed by atoms with Crippen LogP contribution in [0.25, 0.3) is 0 Å². The average Bonchev–Trinajstić information content (AvgIpc) is 2.47. The van der Waals surface area contributed by atoms with Crippen molar-refractivity contribution >= 4 is 5.91 Å². The Bertz CT molecular complexity index is 410. The third kappa shape index (κ3) is 4.34. The molecule has 0 saturated carbocycles. The monoisotopic (exact) mass is 274 g/mol. The summed E-state index contributed by atoms with van der Waals surface area (Å²) in [4.78, 5) is 14.7. The summed E-state index contributed by atoms with van der Waals surface area (Å²) in [7, 11) is 0. The lowest BCUT2D eigenvalue weighted by atomic mass is 10.0. The van der Waals surface area contributed by atoms with Gasteiger partial charge in [-0.2, -0.15) is 0 Å². The molecule has 0 bridgehead atoms. The molecule has 20 heavy (non-hydrogen) atoms. The van der Waals surface area contributed by atoms with E-state index in [0.29, 0.717) is 6.04 Å². The molecule has 0 aromatic heterocycles. The van der Waals surface area contributed by atoms with E-state index in [-0.39, 0.29) is 11.9 Å². The van der Waals surface area contributed by atoms with Gasteiger partial charge >= 0.3 is 0 Å². The van der Waals surface area contributed by atoms with Crippen molar-refractivity contribution in [2.75, 3.05) is 13.1 Å². The van der Waals surface area contributed by atoms with Crippen LogP contribution in [-0.4, -0.2) is 36.0 Å². The van der Waals surface area contributed by atoms with E-state index in [1.165, 1.54) is 12.0 Å². The van der Waals surface area contributed by atoms with Crippen molar-refractivity contribution in [2.45, 2.75) is 51.6 Å². The molecular formula is C17H26N2O. The number of likely N-dealkylation sites (tertiary alicyclic amines) is 1. The second-order valence-corrected chi connectivity index (χ2v) is 5.95. The summed E-state index contributed by atoms with van der Waals surface area (Å²) in [6.07, 6.45) is 4.32. The number of nitrogens with zero attached hydrogens (tertiary/aromatic N) is 1. The van der Waals surface area contributed by atoms with Crippen molar-refractivity contribution in [3.8, 4) is 0 Å². The van der Waals surface area contributed by atoms with Gasteiger partial charge in [-0.15, -0.1) is 0 Å². The van der Waals surface area contributed by atoms with Gasteiger partial charge in [-0.25, -0.2) is 0 Å². The number of nitrogens with one attached hydrogen (secondary N) is 1. The molecule has 1 amide bonds. The quantitative estimate of drug-likeness (QED) is 0.895. The van der Waals surface area contributed by atoms with E-state index < -0.39 is 0 Å². The molecule has 1 unspecified atom stereocenters. The molecule has 2 rings (SSSR count). The van der Waals surface area contributed by atoms with Crippen LogP contribution in [0.5, 0.6) is 0 Å². The Morgan fingerprint density at radius 2 is 1.80 bits per heavy atom. The first-order valence-electron chi connectivity index (χ1n) is 7.75. The summed E-state index contributed by atoms with van der Waals surface area (Å²) in [5, 5.41) is 3.43. The smallest absolute Gasteiger partial charge is 0.240 e. The number of rotatable bonds is 5. The molecule has 1 N–H and O–H groups in total. The number of hydrogen-bond acceptors (Lipinski definition) is 2. The molecular weight excluding hydrogens is 248 g/mol. The summed E-state index contributed by atoms with van der Waals surface area (Å²) in [6, 6.07) is 10.5. The molecule has 110 valence electrons. The average molecular weight is 274 g/mol. The lowest BCUT2D eigenvalue weighted by Crippen LogP contribution is -2.51. The molecule has 3 heteroatoms. The van der Waals surface area contributed by atoms with Crippen LogP contribution in [0, 0.1) is 0 Å². The second-order valence-electron chi connectivity index (χ2n) is 5.95. The van der Waals surface area contributed by atoms with E-state index in [1.807, 2.05) is 23.1 Å². The molecule has 1 atom stereocenters. The number of benzene rings is 1. The molecule has 1 fully saturated rings. The Morgan fingerprint density at radius 3 is 2.40 bits per heavy atom. The van der Waals surface area contributed by atoms with Gasteiger partial charge in [0.05, 0.1) is 6.04 Å². The summed E-state index contributed by atoms with van der Waals surface area (Å²) >= 11 is 0. The van der Waals surface area contributed by atoms with Crippen LogP contribution >= 0.6 is 0 Å². The Balaban J connectivity index is 2.04.